The van der Waals surface area contributed by atoms with E-state index in [1.165, 1.54) is 31.2 Å². The Bertz CT molecular complexity index is 1490. The van der Waals surface area contributed by atoms with Crippen LogP contribution in [0, 0.1) is 13.8 Å². The van der Waals surface area contributed by atoms with Crippen LogP contribution in [0.1, 0.15) is 63.9 Å². The lowest BCUT2D eigenvalue weighted by Crippen LogP contribution is -2.55. The number of methoxy groups -OCH3 is 1. The molecule has 0 aliphatic carbocycles. The van der Waals surface area contributed by atoms with E-state index in [1.54, 1.807) is 6.26 Å². The molecule has 2 saturated heterocycles. The zero-order chi connectivity index (χ0) is 33.7. The van der Waals surface area contributed by atoms with Gasteiger partial charge in [-0.05, 0) is 96.2 Å². The molecule has 0 saturated carbocycles. The molecule has 5 rings (SSSR count). The number of halogens is 3. The van der Waals surface area contributed by atoms with Crippen LogP contribution in [-0.2, 0) is 17.3 Å². The number of nitrogens with zero attached hydrogens (tertiary/aromatic N) is 2. The molecule has 1 amide bonds. The number of thioether (sulfide) groups is 1. The van der Waals surface area contributed by atoms with E-state index in [2.05, 4.69) is 59.4 Å². The molecule has 3 aromatic carbocycles. The van der Waals surface area contributed by atoms with Crippen molar-refractivity contribution in [1.82, 2.24) is 15.1 Å². The molecule has 3 N–H and O–H groups in total. The maximum Gasteiger partial charge on any atom is 0.416 e. The summed E-state index contributed by atoms with van der Waals surface area (Å²) in [7, 11) is 5.43. The highest BCUT2D eigenvalue weighted by Crippen LogP contribution is 2.39. The highest BCUT2D eigenvalue weighted by Gasteiger charge is 2.40. The van der Waals surface area contributed by atoms with Gasteiger partial charge in [-0.15, -0.1) is 11.8 Å². The highest BCUT2D eigenvalue weighted by atomic mass is 32.2. The molecule has 2 heterocycles. The smallest absolute Gasteiger partial charge is 0.416 e. The maximum absolute atomic E-state index is 13.5. The number of carbonyl (C=O) groups is 1. The fourth-order valence-electron chi connectivity index (χ4n) is 6.70. The molecule has 0 radical (unpaired) electrons. The van der Waals surface area contributed by atoms with E-state index in [0.29, 0.717) is 6.54 Å². The number of alkyl halides is 3. The first-order valence-corrected chi connectivity index (χ1v) is 16.9. The Morgan fingerprint density at radius 1 is 0.913 bits per heavy atom. The second-order valence-electron chi connectivity index (χ2n) is 12.9. The Kier molecular flexibility index (Phi) is 11.5. The first-order valence-electron chi connectivity index (χ1n) is 15.7. The van der Waals surface area contributed by atoms with Crippen molar-refractivity contribution in [3.8, 4) is 5.75 Å². The molecule has 2 aliphatic heterocycles. The summed E-state index contributed by atoms with van der Waals surface area (Å²) in [5, 5.41) is 3.18. The average molecular weight is 657 g/mol. The van der Waals surface area contributed by atoms with Crippen LogP contribution in [-0.4, -0.2) is 69.3 Å². The summed E-state index contributed by atoms with van der Waals surface area (Å²) < 4.78 is 45.2. The summed E-state index contributed by atoms with van der Waals surface area (Å²) >= 11 is 1.09. The Labute approximate surface area is 275 Å². The number of amides is 1. The number of nitrogens with one attached hydrogen (secondary N) is 1. The lowest BCUT2D eigenvalue weighted by atomic mass is 9.81. The quantitative estimate of drug-likeness (QED) is 0.280. The largest absolute Gasteiger partial charge is 0.496 e. The molecule has 0 bridgehead atoms. The fourth-order valence-corrected chi connectivity index (χ4v) is 7.34. The van der Waals surface area contributed by atoms with Gasteiger partial charge in [0.15, 0.2) is 0 Å². The summed E-state index contributed by atoms with van der Waals surface area (Å²) in [6.45, 7) is 7.79. The molecular formula is C36H47F3N4O2S. The van der Waals surface area contributed by atoms with E-state index in [4.69, 9.17) is 10.5 Å². The standard InChI is InChI=1S/C23H27F3N2O2S.C13H20N2/c1-15-7-5-8-16(11-15)22(9-6-10-28(2)14-22)27-21(29)20-18(30-3)12-17(23(24,25)26)13-19(20)31-4;1-11-5-3-6-12(9-11)13(14)7-4-8-15(2)10-13/h5,7-8,11-13H,6,9-10,14H2,1-4H3,(H,27,29);3,5-6,9H,4,7-8,10,14H2,1-2H3. The minimum Gasteiger partial charge on any atom is -0.496 e. The Morgan fingerprint density at radius 3 is 2.04 bits per heavy atom. The molecule has 2 unspecified atom stereocenters. The first-order chi connectivity index (χ1) is 21.7. The van der Waals surface area contributed by atoms with Gasteiger partial charge in [-0.25, -0.2) is 0 Å². The van der Waals surface area contributed by atoms with E-state index >= 15 is 0 Å². The third-order valence-electron chi connectivity index (χ3n) is 8.97. The number of benzene rings is 3. The average Bonchev–Trinajstić information content (AvgIpc) is 3.00. The van der Waals surface area contributed by atoms with Crippen molar-refractivity contribution in [3.63, 3.8) is 0 Å². The topological polar surface area (TPSA) is 70.8 Å². The first kappa shape index (κ1) is 35.8. The van der Waals surface area contributed by atoms with Gasteiger partial charge < -0.3 is 25.6 Å². The van der Waals surface area contributed by atoms with Gasteiger partial charge in [0, 0.05) is 18.0 Å². The Morgan fingerprint density at radius 2 is 1.50 bits per heavy atom. The molecule has 2 fully saturated rings. The molecule has 0 spiro atoms. The molecule has 6 nitrogen and oxygen atoms in total. The lowest BCUT2D eigenvalue weighted by Gasteiger charge is -2.43. The number of likely N-dealkylation sites (N-methyl/N-ethyl adjacent to an activating group) is 2. The summed E-state index contributed by atoms with van der Waals surface area (Å²) in [5.41, 5.74) is 9.66. The minimum absolute atomic E-state index is 0.0831. The summed E-state index contributed by atoms with van der Waals surface area (Å²) in [5.74, 6) is -0.521. The van der Waals surface area contributed by atoms with Gasteiger partial charge >= 0.3 is 6.18 Å². The molecule has 10 heteroatoms. The van der Waals surface area contributed by atoms with Crippen molar-refractivity contribution >= 4 is 17.7 Å². The van der Waals surface area contributed by atoms with Crippen LogP contribution >= 0.6 is 11.8 Å². The van der Waals surface area contributed by atoms with Crippen LogP contribution in [0.5, 0.6) is 5.75 Å². The van der Waals surface area contributed by atoms with Crippen molar-refractivity contribution in [2.24, 2.45) is 5.73 Å². The maximum atomic E-state index is 13.5. The van der Waals surface area contributed by atoms with Gasteiger partial charge in [0.25, 0.3) is 5.91 Å². The Balaban J connectivity index is 0.000000266. The van der Waals surface area contributed by atoms with Gasteiger partial charge in [0.1, 0.15) is 5.75 Å². The third-order valence-corrected chi connectivity index (χ3v) is 9.74. The predicted molar refractivity (Wildman–Crippen MR) is 181 cm³/mol. The molecule has 2 aliphatic rings. The number of rotatable bonds is 6. The number of hydrogen-bond donors (Lipinski definition) is 2. The predicted octanol–water partition coefficient (Wildman–Crippen LogP) is 6.97. The minimum atomic E-state index is -4.53. The van der Waals surface area contributed by atoms with Gasteiger partial charge in [-0.2, -0.15) is 13.2 Å². The second-order valence-corrected chi connectivity index (χ2v) is 13.7. The van der Waals surface area contributed by atoms with E-state index < -0.39 is 23.2 Å². The van der Waals surface area contributed by atoms with Crippen molar-refractivity contribution in [2.75, 3.05) is 53.6 Å². The van der Waals surface area contributed by atoms with Crippen molar-refractivity contribution in [3.05, 3.63) is 94.0 Å². The van der Waals surface area contributed by atoms with Crippen molar-refractivity contribution in [1.29, 1.82) is 0 Å². The zero-order valence-electron chi connectivity index (χ0n) is 27.8. The number of likely N-dealkylation sites (tertiary alicyclic amines) is 2. The number of piperidine rings is 2. The summed E-state index contributed by atoms with van der Waals surface area (Å²) in [4.78, 5) is 18.2. The van der Waals surface area contributed by atoms with Crippen molar-refractivity contribution < 1.29 is 22.7 Å². The van der Waals surface area contributed by atoms with E-state index in [-0.39, 0.29) is 21.7 Å². The fraction of sp³-hybridized carbons (Fsp3) is 0.472. The van der Waals surface area contributed by atoms with E-state index in [1.807, 2.05) is 32.2 Å². The van der Waals surface area contributed by atoms with Gasteiger partial charge in [0.05, 0.1) is 29.3 Å². The van der Waals surface area contributed by atoms with Crippen LogP contribution in [0.2, 0.25) is 0 Å². The number of nitrogens with two attached hydrogens (primary N) is 1. The number of carbonyl (C=O) groups excluding carboxylic acids is 1. The molecule has 250 valence electrons. The number of ether oxygens (including phenoxy) is 1. The monoisotopic (exact) mass is 656 g/mol. The van der Waals surface area contributed by atoms with E-state index in [9.17, 15) is 18.0 Å². The zero-order valence-corrected chi connectivity index (χ0v) is 28.6. The SMILES string of the molecule is COc1cc(C(F)(F)F)cc(SC)c1C(=O)NC1(c2cccc(C)c2)CCCN(C)C1.Cc1cccc(C2(N)CCCN(C)C2)c1. The Hall–Kier alpha value is -3.05. The van der Waals surface area contributed by atoms with Crippen LogP contribution in [0.25, 0.3) is 0 Å². The van der Waals surface area contributed by atoms with E-state index in [0.717, 1.165) is 67.4 Å². The normalized spacial score (nSPS) is 22.5. The molecule has 2 atom stereocenters. The molecule has 3 aromatic rings. The summed E-state index contributed by atoms with van der Waals surface area (Å²) in [6.07, 6.45) is 1.05. The molecule has 0 aromatic heterocycles. The van der Waals surface area contributed by atoms with Crippen LogP contribution < -0.4 is 15.8 Å². The van der Waals surface area contributed by atoms with Gasteiger partial charge in [-0.3, -0.25) is 4.79 Å². The van der Waals surface area contributed by atoms with Gasteiger partial charge in [0.2, 0.25) is 0 Å². The second kappa shape index (κ2) is 14.8. The summed E-state index contributed by atoms with van der Waals surface area (Å²) in [6, 6.07) is 18.5. The third kappa shape index (κ3) is 8.45. The number of aryl methyl sites for hydroxylation is 2. The lowest BCUT2D eigenvalue weighted by molar-refractivity contribution is -0.137. The number of hydrogen-bond acceptors (Lipinski definition) is 6. The van der Waals surface area contributed by atoms with Crippen LogP contribution in [0.4, 0.5) is 13.2 Å². The van der Waals surface area contributed by atoms with Gasteiger partial charge in [-0.1, -0.05) is 59.7 Å². The molecular weight excluding hydrogens is 609 g/mol. The van der Waals surface area contributed by atoms with Crippen LogP contribution in [0.3, 0.4) is 0 Å². The van der Waals surface area contributed by atoms with Crippen molar-refractivity contribution in [2.45, 2.75) is 61.7 Å². The van der Waals surface area contributed by atoms with Crippen LogP contribution in [0.15, 0.2) is 65.6 Å². The molecule has 46 heavy (non-hydrogen) atoms. The highest BCUT2D eigenvalue weighted by molar-refractivity contribution is 7.98.